The first-order valence-corrected chi connectivity index (χ1v) is 10.3. The second kappa shape index (κ2) is 8.74. The van der Waals surface area contributed by atoms with Crippen molar-refractivity contribution < 1.29 is 4.79 Å². The molecule has 1 aliphatic rings. The van der Waals surface area contributed by atoms with Crippen molar-refractivity contribution in [3.63, 3.8) is 0 Å². The van der Waals surface area contributed by atoms with E-state index in [1.54, 1.807) is 0 Å². The van der Waals surface area contributed by atoms with Gasteiger partial charge in [-0.3, -0.25) is 10.1 Å². The number of hydrogen-bond acceptors (Lipinski definition) is 2. The van der Waals surface area contributed by atoms with Crippen LogP contribution in [0.3, 0.4) is 0 Å². The number of unbranched alkanes of at least 4 members (excludes halogenated alkanes) is 1. The Labute approximate surface area is 169 Å². The number of nitrogens with zero attached hydrogens (tertiary/aromatic N) is 1. The molecule has 0 unspecified atom stereocenters. The summed E-state index contributed by atoms with van der Waals surface area (Å²) in [6.07, 6.45) is 2.09. The fraction of sp³-hybridized carbons (Fsp3) is 0.400. The largest absolute Gasteiger partial charge is 0.319 e. The van der Waals surface area contributed by atoms with Crippen molar-refractivity contribution >= 4 is 5.91 Å². The molecular formula is C25H32N2O. The van der Waals surface area contributed by atoms with E-state index in [1.165, 1.54) is 11.1 Å². The van der Waals surface area contributed by atoms with Crippen LogP contribution in [-0.2, 0) is 10.2 Å². The lowest BCUT2D eigenvalue weighted by Crippen LogP contribution is -2.50. The van der Waals surface area contributed by atoms with Crippen LogP contribution in [0.1, 0.15) is 51.7 Å². The zero-order chi connectivity index (χ0) is 20.1. The monoisotopic (exact) mass is 376 g/mol. The smallest absolute Gasteiger partial charge is 0.251 e. The van der Waals surface area contributed by atoms with E-state index in [0.717, 1.165) is 37.1 Å². The number of rotatable bonds is 8. The Bertz CT molecular complexity index is 787. The zero-order valence-corrected chi connectivity index (χ0v) is 17.5. The van der Waals surface area contributed by atoms with Crippen molar-refractivity contribution in [1.82, 2.24) is 10.2 Å². The van der Waals surface area contributed by atoms with Gasteiger partial charge in [0.25, 0.3) is 5.91 Å². The highest BCUT2D eigenvalue weighted by atomic mass is 16.2. The molecule has 0 saturated heterocycles. The van der Waals surface area contributed by atoms with Gasteiger partial charge in [-0.05, 0) is 37.0 Å². The average Bonchev–Trinajstić information content (AvgIpc) is 2.95. The van der Waals surface area contributed by atoms with Gasteiger partial charge in [-0.2, -0.15) is 0 Å². The SMILES string of the molecule is CCCCN1C(=O)C(C)=C(C)[C@H]1NCC(C)(c1ccccc1)c1ccccc1. The summed E-state index contributed by atoms with van der Waals surface area (Å²) >= 11 is 0. The minimum Gasteiger partial charge on any atom is -0.319 e. The molecule has 1 N–H and O–H groups in total. The lowest BCUT2D eigenvalue weighted by Gasteiger charge is -2.35. The Morgan fingerprint density at radius 3 is 2.00 bits per heavy atom. The fourth-order valence-corrected chi connectivity index (χ4v) is 4.05. The third-order valence-corrected chi connectivity index (χ3v) is 6.12. The number of carbonyl (C=O) groups is 1. The van der Waals surface area contributed by atoms with Crippen LogP contribution in [0.15, 0.2) is 71.8 Å². The van der Waals surface area contributed by atoms with Crippen LogP contribution < -0.4 is 5.32 Å². The standard InChI is InChI=1S/C25H32N2O/c1-5-6-17-27-23(19(2)20(3)24(27)28)26-18-25(4,21-13-9-7-10-14-21)22-15-11-8-12-16-22/h7-16,23,26H,5-6,17-18H2,1-4H3/t23-/m0/s1. The molecule has 148 valence electrons. The molecule has 0 saturated carbocycles. The molecule has 1 atom stereocenters. The van der Waals surface area contributed by atoms with Gasteiger partial charge in [-0.1, -0.05) is 80.9 Å². The molecule has 2 aromatic carbocycles. The summed E-state index contributed by atoms with van der Waals surface area (Å²) < 4.78 is 0. The highest BCUT2D eigenvalue weighted by Gasteiger charge is 2.36. The molecule has 1 heterocycles. The molecule has 0 bridgehead atoms. The van der Waals surface area contributed by atoms with E-state index >= 15 is 0 Å². The molecule has 2 aromatic rings. The summed E-state index contributed by atoms with van der Waals surface area (Å²) in [5.74, 6) is 0.171. The van der Waals surface area contributed by atoms with Crippen LogP contribution in [0.4, 0.5) is 0 Å². The highest BCUT2D eigenvalue weighted by molar-refractivity contribution is 5.96. The Hall–Kier alpha value is -2.39. The molecule has 0 fully saturated rings. The molecule has 0 spiro atoms. The summed E-state index contributed by atoms with van der Waals surface area (Å²) in [6.45, 7) is 10.0. The maximum absolute atomic E-state index is 12.7. The first-order valence-electron chi connectivity index (χ1n) is 10.3. The maximum Gasteiger partial charge on any atom is 0.251 e. The Kier molecular flexibility index (Phi) is 6.35. The molecule has 0 radical (unpaired) electrons. The lowest BCUT2D eigenvalue weighted by molar-refractivity contribution is -0.127. The highest BCUT2D eigenvalue weighted by Crippen LogP contribution is 2.32. The summed E-state index contributed by atoms with van der Waals surface area (Å²) in [5.41, 5.74) is 4.39. The van der Waals surface area contributed by atoms with Crippen molar-refractivity contribution in [2.75, 3.05) is 13.1 Å². The van der Waals surface area contributed by atoms with E-state index < -0.39 is 0 Å². The van der Waals surface area contributed by atoms with Gasteiger partial charge in [-0.15, -0.1) is 0 Å². The van der Waals surface area contributed by atoms with Gasteiger partial charge in [0.1, 0.15) is 6.17 Å². The molecule has 3 rings (SSSR count). The quantitative estimate of drug-likeness (QED) is 0.712. The van der Waals surface area contributed by atoms with Crippen molar-refractivity contribution in [3.8, 4) is 0 Å². The summed E-state index contributed by atoms with van der Waals surface area (Å²) in [5, 5.41) is 3.74. The third-order valence-electron chi connectivity index (χ3n) is 6.12. The number of carbonyl (C=O) groups excluding carboxylic acids is 1. The van der Waals surface area contributed by atoms with Crippen LogP contribution in [0, 0.1) is 0 Å². The van der Waals surface area contributed by atoms with Crippen molar-refractivity contribution in [1.29, 1.82) is 0 Å². The number of nitrogens with one attached hydrogen (secondary N) is 1. The molecule has 3 heteroatoms. The van der Waals surface area contributed by atoms with Crippen LogP contribution in [0.25, 0.3) is 0 Å². The lowest BCUT2D eigenvalue weighted by atomic mass is 9.76. The van der Waals surface area contributed by atoms with E-state index in [0.29, 0.717) is 0 Å². The summed E-state index contributed by atoms with van der Waals surface area (Å²) in [7, 11) is 0. The van der Waals surface area contributed by atoms with Crippen LogP contribution in [-0.4, -0.2) is 30.1 Å². The number of benzene rings is 2. The van der Waals surface area contributed by atoms with E-state index in [-0.39, 0.29) is 17.5 Å². The maximum atomic E-state index is 12.7. The average molecular weight is 377 g/mol. The van der Waals surface area contributed by atoms with Crippen LogP contribution >= 0.6 is 0 Å². The number of amides is 1. The van der Waals surface area contributed by atoms with Gasteiger partial charge in [0.2, 0.25) is 0 Å². The van der Waals surface area contributed by atoms with Crippen molar-refractivity contribution in [2.45, 2.75) is 52.1 Å². The minimum absolute atomic E-state index is 0.0224. The second-order valence-corrected chi connectivity index (χ2v) is 8.01. The van der Waals surface area contributed by atoms with E-state index in [9.17, 15) is 4.79 Å². The van der Waals surface area contributed by atoms with Gasteiger partial charge in [0.15, 0.2) is 0 Å². The van der Waals surface area contributed by atoms with Crippen LogP contribution in [0.2, 0.25) is 0 Å². The number of hydrogen-bond donors (Lipinski definition) is 1. The molecule has 0 aromatic heterocycles. The van der Waals surface area contributed by atoms with Crippen LogP contribution in [0.5, 0.6) is 0 Å². The summed E-state index contributed by atoms with van der Waals surface area (Å²) in [6, 6.07) is 21.3. The molecule has 1 aliphatic heterocycles. The third kappa shape index (κ3) is 3.90. The predicted molar refractivity (Wildman–Crippen MR) is 116 cm³/mol. The first-order chi connectivity index (χ1) is 13.5. The van der Waals surface area contributed by atoms with E-state index in [1.807, 2.05) is 11.8 Å². The van der Waals surface area contributed by atoms with Gasteiger partial charge >= 0.3 is 0 Å². The van der Waals surface area contributed by atoms with E-state index in [2.05, 4.69) is 86.8 Å². The van der Waals surface area contributed by atoms with Gasteiger partial charge in [-0.25, -0.2) is 0 Å². The Morgan fingerprint density at radius 2 is 1.50 bits per heavy atom. The van der Waals surface area contributed by atoms with Crippen molar-refractivity contribution in [2.24, 2.45) is 0 Å². The molecule has 0 aliphatic carbocycles. The first kappa shape index (κ1) is 20.3. The van der Waals surface area contributed by atoms with Gasteiger partial charge < -0.3 is 4.90 Å². The Morgan fingerprint density at radius 1 is 0.964 bits per heavy atom. The molecule has 1 amide bonds. The topological polar surface area (TPSA) is 32.3 Å². The van der Waals surface area contributed by atoms with Gasteiger partial charge in [0.05, 0.1) is 0 Å². The Balaban J connectivity index is 1.89. The molecule has 3 nitrogen and oxygen atoms in total. The minimum atomic E-state index is -0.182. The predicted octanol–water partition coefficient (Wildman–Crippen LogP) is 4.89. The summed E-state index contributed by atoms with van der Waals surface area (Å²) in [4.78, 5) is 14.7. The fourth-order valence-electron chi connectivity index (χ4n) is 4.05. The zero-order valence-electron chi connectivity index (χ0n) is 17.5. The van der Waals surface area contributed by atoms with E-state index in [4.69, 9.17) is 0 Å². The molecular weight excluding hydrogens is 344 g/mol. The molecule has 28 heavy (non-hydrogen) atoms. The van der Waals surface area contributed by atoms with Crippen molar-refractivity contribution in [3.05, 3.63) is 82.9 Å². The second-order valence-electron chi connectivity index (χ2n) is 8.01. The van der Waals surface area contributed by atoms with Gasteiger partial charge in [0, 0.05) is 24.1 Å². The normalized spacial score (nSPS) is 17.5.